The molecule has 0 aliphatic heterocycles. The highest BCUT2D eigenvalue weighted by Gasteiger charge is 2.11. The second-order valence-electron chi connectivity index (χ2n) is 4.65. The number of nitrogens with zero attached hydrogens (tertiary/aromatic N) is 1. The molecule has 0 saturated heterocycles. The van der Waals surface area contributed by atoms with E-state index in [1.807, 2.05) is 30.3 Å². The van der Waals surface area contributed by atoms with Gasteiger partial charge in [0.1, 0.15) is 6.61 Å². The lowest BCUT2D eigenvalue weighted by Gasteiger charge is -2.09. The maximum atomic E-state index is 11.2. The van der Waals surface area contributed by atoms with Crippen molar-refractivity contribution < 1.29 is 14.8 Å². The summed E-state index contributed by atoms with van der Waals surface area (Å²) in [6.07, 6.45) is 4.77. The Morgan fingerprint density at radius 1 is 1.45 bits per heavy atom. The first-order valence-corrected chi connectivity index (χ1v) is 6.88. The molecule has 1 aromatic rings. The molecule has 1 amide bonds. The van der Waals surface area contributed by atoms with Crippen LogP contribution in [0.3, 0.4) is 0 Å². The van der Waals surface area contributed by atoms with Crippen molar-refractivity contribution in [3.05, 3.63) is 35.9 Å². The Balaban J connectivity index is 2.38. The van der Waals surface area contributed by atoms with E-state index in [1.165, 1.54) is 0 Å². The van der Waals surface area contributed by atoms with Crippen molar-refractivity contribution in [1.29, 1.82) is 0 Å². The zero-order chi connectivity index (χ0) is 14.6. The molecule has 20 heavy (non-hydrogen) atoms. The van der Waals surface area contributed by atoms with Gasteiger partial charge in [0.15, 0.2) is 0 Å². The van der Waals surface area contributed by atoms with Gasteiger partial charge < -0.3 is 4.84 Å². The molecule has 5 nitrogen and oxygen atoms in total. The zero-order valence-electron chi connectivity index (χ0n) is 11.8. The zero-order valence-corrected chi connectivity index (χ0v) is 11.8. The van der Waals surface area contributed by atoms with Crippen LogP contribution in [-0.2, 0) is 16.2 Å². The summed E-state index contributed by atoms with van der Waals surface area (Å²) >= 11 is 0. The van der Waals surface area contributed by atoms with Crippen LogP contribution in [0.4, 0.5) is 0 Å². The molecular formula is C15H22N2O3. The Morgan fingerprint density at radius 3 is 2.85 bits per heavy atom. The normalized spacial score (nSPS) is 12.3. The Kier molecular flexibility index (Phi) is 8.07. The van der Waals surface area contributed by atoms with E-state index in [0.717, 1.165) is 24.8 Å². The van der Waals surface area contributed by atoms with Crippen LogP contribution in [0.2, 0.25) is 0 Å². The van der Waals surface area contributed by atoms with Gasteiger partial charge in [-0.3, -0.25) is 10.0 Å². The average Bonchev–Trinajstić information content (AvgIpc) is 2.49. The van der Waals surface area contributed by atoms with Crippen LogP contribution in [0.5, 0.6) is 0 Å². The lowest BCUT2D eigenvalue weighted by Crippen LogP contribution is -2.22. The number of benzene rings is 1. The van der Waals surface area contributed by atoms with E-state index >= 15 is 0 Å². The standard InChI is InChI=1S/C15H22N2O3/c1-2-3-7-14(10-15(18)17-19)11-16-20-12-13-8-5-4-6-9-13/h4-6,8-9,11,14,19H,2-3,7,10,12H2,1H3,(H,17,18)/b16-11+. The van der Waals surface area contributed by atoms with E-state index in [0.29, 0.717) is 6.61 Å². The second-order valence-corrected chi connectivity index (χ2v) is 4.65. The van der Waals surface area contributed by atoms with Gasteiger partial charge in [-0.05, 0) is 12.0 Å². The summed E-state index contributed by atoms with van der Waals surface area (Å²) in [5, 5.41) is 12.5. The molecule has 0 aromatic heterocycles. The van der Waals surface area contributed by atoms with Crippen molar-refractivity contribution in [3.8, 4) is 0 Å². The first-order chi connectivity index (χ1) is 9.76. The number of carbonyl (C=O) groups excluding carboxylic acids is 1. The summed E-state index contributed by atoms with van der Waals surface area (Å²) in [6, 6.07) is 9.75. The van der Waals surface area contributed by atoms with Crippen molar-refractivity contribution >= 4 is 12.1 Å². The summed E-state index contributed by atoms with van der Waals surface area (Å²) < 4.78 is 0. The number of hydrogen-bond acceptors (Lipinski definition) is 4. The average molecular weight is 278 g/mol. The summed E-state index contributed by atoms with van der Waals surface area (Å²) in [4.78, 5) is 16.4. The van der Waals surface area contributed by atoms with Crippen molar-refractivity contribution in [2.75, 3.05) is 0 Å². The number of rotatable bonds is 9. The molecule has 0 aliphatic carbocycles. The monoisotopic (exact) mass is 278 g/mol. The third-order valence-corrected chi connectivity index (χ3v) is 2.92. The minimum atomic E-state index is -0.402. The highest BCUT2D eigenvalue weighted by atomic mass is 16.6. The topological polar surface area (TPSA) is 70.9 Å². The van der Waals surface area contributed by atoms with Gasteiger partial charge in [0, 0.05) is 18.6 Å². The molecule has 0 spiro atoms. The first kappa shape index (κ1) is 16.2. The van der Waals surface area contributed by atoms with Gasteiger partial charge in [-0.1, -0.05) is 55.3 Å². The molecule has 0 bridgehead atoms. The summed E-state index contributed by atoms with van der Waals surface area (Å²) in [5.41, 5.74) is 2.69. The molecule has 0 heterocycles. The number of oxime groups is 1. The quantitative estimate of drug-likeness (QED) is 0.414. The lowest BCUT2D eigenvalue weighted by atomic mass is 10.00. The number of carbonyl (C=O) groups is 1. The van der Waals surface area contributed by atoms with Gasteiger partial charge in [0.2, 0.25) is 5.91 Å². The summed E-state index contributed by atoms with van der Waals surface area (Å²) in [5.74, 6) is -0.418. The smallest absolute Gasteiger partial charge is 0.243 e. The number of unbranched alkanes of at least 4 members (excludes halogenated alkanes) is 1. The number of nitrogens with one attached hydrogen (secondary N) is 1. The van der Waals surface area contributed by atoms with E-state index < -0.39 is 5.91 Å². The molecule has 1 rings (SSSR count). The van der Waals surface area contributed by atoms with Gasteiger partial charge in [-0.25, -0.2) is 5.48 Å². The number of amides is 1. The van der Waals surface area contributed by atoms with Crippen LogP contribution in [0, 0.1) is 5.92 Å². The fourth-order valence-electron chi connectivity index (χ4n) is 1.79. The van der Waals surface area contributed by atoms with Gasteiger partial charge in [-0.15, -0.1) is 0 Å². The second kappa shape index (κ2) is 9.97. The van der Waals surface area contributed by atoms with E-state index in [4.69, 9.17) is 10.0 Å². The Labute approximate surface area is 119 Å². The summed E-state index contributed by atoms with van der Waals surface area (Å²) in [6.45, 7) is 2.50. The third kappa shape index (κ3) is 6.89. The molecule has 1 aromatic carbocycles. The molecule has 2 N–H and O–H groups in total. The lowest BCUT2D eigenvalue weighted by molar-refractivity contribution is -0.129. The van der Waals surface area contributed by atoms with E-state index in [2.05, 4.69) is 12.1 Å². The molecule has 0 fully saturated rings. The fourth-order valence-corrected chi connectivity index (χ4v) is 1.79. The molecule has 0 saturated carbocycles. The van der Waals surface area contributed by atoms with Crippen LogP contribution < -0.4 is 5.48 Å². The minimum absolute atomic E-state index is 0.0159. The first-order valence-electron chi connectivity index (χ1n) is 6.88. The molecule has 1 unspecified atom stereocenters. The van der Waals surface area contributed by atoms with Crippen LogP contribution in [0.25, 0.3) is 0 Å². The molecule has 5 heteroatoms. The van der Waals surface area contributed by atoms with Gasteiger partial charge in [-0.2, -0.15) is 0 Å². The van der Waals surface area contributed by atoms with Crippen LogP contribution in [-0.4, -0.2) is 17.3 Å². The molecule has 0 radical (unpaired) electrons. The highest BCUT2D eigenvalue weighted by Crippen LogP contribution is 2.11. The molecular weight excluding hydrogens is 256 g/mol. The minimum Gasteiger partial charge on any atom is -0.391 e. The van der Waals surface area contributed by atoms with Gasteiger partial charge in [0.25, 0.3) is 0 Å². The summed E-state index contributed by atoms with van der Waals surface area (Å²) in [7, 11) is 0. The highest BCUT2D eigenvalue weighted by molar-refractivity contribution is 5.78. The van der Waals surface area contributed by atoms with E-state index in [1.54, 1.807) is 11.7 Å². The molecule has 110 valence electrons. The van der Waals surface area contributed by atoms with E-state index in [-0.39, 0.29) is 12.3 Å². The third-order valence-electron chi connectivity index (χ3n) is 2.92. The van der Waals surface area contributed by atoms with E-state index in [9.17, 15) is 4.79 Å². The van der Waals surface area contributed by atoms with Gasteiger partial charge in [0.05, 0.1) is 0 Å². The predicted octanol–water partition coefficient (Wildman–Crippen LogP) is 2.89. The molecule has 0 aliphatic rings. The Bertz CT molecular complexity index is 407. The van der Waals surface area contributed by atoms with Crippen LogP contribution in [0.15, 0.2) is 35.5 Å². The van der Waals surface area contributed by atoms with Crippen molar-refractivity contribution in [1.82, 2.24) is 5.48 Å². The van der Waals surface area contributed by atoms with Crippen molar-refractivity contribution in [2.24, 2.45) is 11.1 Å². The Hall–Kier alpha value is -1.88. The molecule has 1 atom stereocenters. The number of hydroxylamine groups is 1. The fraction of sp³-hybridized carbons (Fsp3) is 0.467. The maximum absolute atomic E-state index is 11.2. The van der Waals surface area contributed by atoms with Crippen LogP contribution in [0.1, 0.15) is 38.2 Å². The maximum Gasteiger partial charge on any atom is 0.243 e. The van der Waals surface area contributed by atoms with Crippen molar-refractivity contribution in [2.45, 2.75) is 39.2 Å². The number of hydrogen-bond donors (Lipinski definition) is 2. The van der Waals surface area contributed by atoms with Gasteiger partial charge >= 0.3 is 0 Å². The van der Waals surface area contributed by atoms with Crippen LogP contribution >= 0.6 is 0 Å². The van der Waals surface area contributed by atoms with Crippen molar-refractivity contribution in [3.63, 3.8) is 0 Å². The largest absolute Gasteiger partial charge is 0.391 e. The SMILES string of the molecule is CCCCC(/C=N/OCc1ccccc1)CC(=O)NO. The Morgan fingerprint density at radius 2 is 2.20 bits per heavy atom. The predicted molar refractivity (Wildman–Crippen MR) is 77.3 cm³/mol.